The summed E-state index contributed by atoms with van der Waals surface area (Å²) < 4.78 is 10.3. The van der Waals surface area contributed by atoms with E-state index in [-0.39, 0.29) is 24.7 Å². The zero-order valence-corrected chi connectivity index (χ0v) is 11.5. The minimum absolute atomic E-state index is 0.104. The monoisotopic (exact) mass is 257 g/mol. The highest BCUT2D eigenvalue weighted by Crippen LogP contribution is 2.11. The van der Waals surface area contributed by atoms with E-state index in [0.29, 0.717) is 19.1 Å². The van der Waals surface area contributed by atoms with E-state index in [1.54, 1.807) is 0 Å². The normalized spacial score (nSPS) is 19.6. The lowest BCUT2D eigenvalue weighted by Gasteiger charge is -2.19. The molecule has 1 amide bonds. The molecule has 0 aromatic rings. The summed E-state index contributed by atoms with van der Waals surface area (Å²) in [5, 5.41) is 2.82. The Morgan fingerprint density at radius 1 is 1.33 bits per heavy atom. The summed E-state index contributed by atoms with van der Waals surface area (Å²) in [6, 6.07) is 0. The molecule has 1 fully saturated rings. The van der Waals surface area contributed by atoms with Crippen LogP contribution in [0.3, 0.4) is 0 Å². The zero-order chi connectivity index (χ0) is 13.6. The maximum atomic E-state index is 11.5. The van der Waals surface area contributed by atoms with Gasteiger partial charge in [0.05, 0.1) is 13.0 Å². The fraction of sp³-hybridized carbons (Fsp3) is 0.846. The van der Waals surface area contributed by atoms with E-state index in [1.807, 2.05) is 20.8 Å². The molecule has 1 aliphatic rings. The molecular weight excluding hydrogens is 234 g/mol. The fourth-order valence-electron chi connectivity index (χ4n) is 1.70. The number of rotatable bonds is 5. The van der Waals surface area contributed by atoms with Crippen molar-refractivity contribution in [3.8, 4) is 0 Å². The molecule has 0 aromatic heterocycles. The molecule has 1 heterocycles. The first-order valence-corrected chi connectivity index (χ1v) is 6.43. The van der Waals surface area contributed by atoms with Gasteiger partial charge in [0.2, 0.25) is 5.91 Å². The van der Waals surface area contributed by atoms with Crippen LogP contribution in [0.1, 0.15) is 40.0 Å². The van der Waals surface area contributed by atoms with Crippen LogP contribution in [-0.4, -0.2) is 37.2 Å². The lowest BCUT2D eigenvalue weighted by atomic mass is 10.1. The largest absolute Gasteiger partial charge is 0.460 e. The standard InChI is InChI=1S/C13H23NO4/c1-13(2,3)18-12(16)5-4-11(15)14-8-10-6-7-17-9-10/h10H,4-9H2,1-3H3,(H,14,15). The predicted molar refractivity (Wildman–Crippen MR) is 67.0 cm³/mol. The highest BCUT2D eigenvalue weighted by atomic mass is 16.6. The van der Waals surface area contributed by atoms with Crippen molar-refractivity contribution in [3.63, 3.8) is 0 Å². The lowest BCUT2D eigenvalue weighted by Crippen LogP contribution is -2.30. The summed E-state index contributed by atoms with van der Waals surface area (Å²) in [4.78, 5) is 22.9. The average Bonchev–Trinajstić information content (AvgIpc) is 2.74. The number of carbonyl (C=O) groups is 2. The SMILES string of the molecule is CC(C)(C)OC(=O)CCC(=O)NCC1CCOC1. The maximum Gasteiger partial charge on any atom is 0.306 e. The van der Waals surface area contributed by atoms with Gasteiger partial charge in [-0.3, -0.25) is 9.59 Å². The first-order chi connectivity index (χ1) is 8.37. The average molecular weight is 257 g/mol. The predicted octanol–water partition coefficient (Wildman–Crippen LogP) is 1.26. The number of esters is 1. The molecule has 0 bridgehead atoms. The maximum absolute atomic E-state index is 11.5. The van der Waals surface area contributed by atoms with Crippen molar-refractivity contribution in [1.82, 2.24) is 5.32 Å². The van der Waals surface area contributed by atoms with Gasteiger partial charge in [-0.05, 0) is 27.2 Å². The number of ether oxygens (including phenoxy) is 2. The second-order valence-corrected chi connectivity index (χ2v) is 5.62. The van der Waals surface area contributed by atoms with E-state index in [1.165, 1.54) is 0 Å². The van der Waals surface area contributed by atoms with E-state index in [0.717, 1.165) is 13.0 Å². The molecule has 1 unspecified atom stereocenters. The first-order valence-electron chi connectivity index (χ1n) is 6.43. The molecule has 0 aromatic carbocycles. The molecule has 1 N–H and O–H groups in total. The molecule has 5 heteroatoms. The van der Waals surface area contributed by atoms with E-state index in [2.05, 4.69) is 5.32 Å². The van der Waals surface area contributed by atoms with Crippen LogP contribution in [0.5, 0.6) is 0 Å². The summed E-state index contributed by atoms with van der Waals surface area (Å²) in [6.45, 7) is 7.55. The van der Waals surface area contributed by atoms with E-state index < -0.39 is 5.60 Å². The number of hydrogen-bond acceptors (Lipinski definition) is 4. The zero-order valence-electron chi connectivity index (χ0n) is 11.5. The number of amides is 1. The molecule has 104 valence electrons. The molecule has 1 saturated heterocycles. The van der Waals surface area contributed by atoms with Gasteiger partial charge in [0.15, 0.2) is 0 Å². The Kier molecular flexibility index (Phi) is 5.59. The van der Waals surface area contributed by atoms with Gasteiger partial charge < -0.3 is 14.8 Å². The molecule has 1 rings (SSSR count). The summed E-state index contributed by atoms with van der Waals surface area (Å²) in [5.74, 6) is -0.0231. The van der Waals surface area contributed by atoms with Gasteiger partial charge in [-0.15, -0.1) is 0 Å². The minimum atomic E-state index is -0.491. The van der Waals surface area contributed by atoms with Crippen LogP contribution >= 0.6 is 0 Å². The van der Waals surface area contributed by atoms with E-state index in [4.69, 9.17) is 9.47 Å². The molecule has 1 aliphatic heterocycles. The van der Waals surface area contributed by atoms with Gasteiger partial charge in [-0.25, -0.2) is 0 Å². The third kappa shape index (κ3) is 6.59. The first kappa shape index (κ1) is 15.0. The Bertz CT molecular complexity index is 290. The van der Waals surface area contributed by atoms with Crippen molar-refractivity contribution in [3.05, 3.63) is 0 Å². The van der Waals surface area contributed by atoms with E-state index >= 15 is 0 Å². The topological polar surface area (TPSA) is 64.6 Å². The van der Waals surface area contributed by atoms with Crippen LogP contribution in [0.15, 0.2) is 0 Å². The lowest BCUT2D eigenvalue weighted by molar-refractivity contribution is -0.155. The van der Waals surface area contributed by atoms with Crippen molar-refractivity contribution < 1.29 is 19.1 Å². The van der Waals surface area contributed by atoms with Gasteiger partial charge in [-0.1, -0.05) is 0 Å². The van der Waals surface area contributed by atoms with E-state index in [9.17, 15) is 9.59 Å². The molecule has 0 radical (unpaired) electrons. The summed E-state index contributed by atoms with van der Waals surface area (Å²) >= 11 is 0. The van der Waals surface area contributed by atoms with Crippen LogP contribution in [-0.2, 0) is 19.1 Å². The Morgan fingerprint density at radius 3 is 2.61 bits per heavy atom. The Labute approximate surface area is 108 Å². The Balaban J connectivity index is 2.10. The van der Waals surface area contributed by atoms with Crippen LogP contribution in [0.25, 0.3) is 0 Å². The Hall–Kier alpha value is -1.10. The van der Waals surface area contributed by atoms with Gasteiger partial charge >= 0.3 is 5.97 Å². The molecule has 0 aliphatic carbocycles. The van der Waals surface area contributed by atoms with Crippen LogP contribution in [0.2, 0.25) is 0 Å². The quantitative estimate of drug-likeness (QED) is 0.753. The van der Waals surface area contributed by atoms with Gasteiger partial charge in [0.25, 0.3) is 0 Å². The van der Waals surface area contributed by atoms with Crippen molar-refractivity contribution in [2.45, 2.75) is 45.6 Å². The summed E-state index contributed by atoms with van der Waals surface area (Å²) in [7, 11) is 0. The minimum Gasteiger partial charge on any atom is -0.460 e. The molecular formula is C13H23NO4. The van der Waals surface area contributed by atoms with Gasteiger partial charge in [-0.2, -0.15) is 0 Å². The van der Waals surface area contributed by atoms with Crippen LogP contribution < -0.4 is 5.32 Å². The molecule has 1 atom stereocenters. The second-order valence-electron chi connectivity index (χ2n) is 5.62. The summed E-state index contributed by atoms with van der Waals surface area (Å²) in [5.41, 5.74) is -0.491. The fourth-order valence-corrected chi connectivity index (χ4v) is 1.70. The van der Waals surface area contributed by atoms with Crippen molar-refractivity contribution in [2.75, 3.05) is 19.8 Å². The number of hydrogen-bond donors (Lipinski definition) is 1. The van der Waals surface area contributed by atoms with Crippen LogP contribution in [0, 0.1) is 5.92 Å². The van der Waals surface area contributed by atoms with Gasteiger partial charge in [0, 0.05) is 25.5 Å². The highest BCUT2D eigenvalue weighted by molar-refractivity contribution is 5.81. The number of nitrogens with one attached hydrogen (secondary N) is 1. The second kappa shape index (κ2) is 6.73. The smallest absolute Gasteiger partial charge is 0.306 e. The van der Waals surface area contributed by atoms with Crippen molar-refractivity contribution >= 4 is 11.9 Å². The third-order valence-electron chi connectivity index (χ3n) is 2.59. The van der Waals surface area contributed by atoms with Gasteiger partial charge in [0.1, 0.15) is 5.60 Å². The van der Waals surface area contributed by atoms with Crippen molar-refractivity contribution in [2.24, 2.45) is 5.92 Å². The molecule has 18 heavy (non-hydrogen) atoms. The summed E-state index contributed by atoms with van der Waals surface area (Å²) in [6.07, 6.45) is 1.30. The molecule has 0 spiro atoms. The highest BCUT2D eigenvalue weighted by Gasteiger charge is 2.18. The Morgan fingerprint density at radius 2 is 2.06 bits per heavy atom. The number of carbonyl (C=O) groups excluding carboxylic acids is 2. The third-order valence-corrected chi connectivity index (χ3v) is 2.59. The van der Waals surface area contributed by atoms with Crippen LogP contribution in [0.4, 0.5) is 0 Å². The molecule has 0 saturated carbocycles. The van der Waals surface area contributed by atoms with Crippen molar-refractivity contribution in [1.29, 1.82) is 0 Å². The molecule has 5 nitrogen and oxygen atoms in total.